The highest BCUT2D eigenvalue weighted by Crippen LogP contribution is 2.30. The number of hydrogen-bond donors (Lipinski definition) is 1. The first kappa shape index (κ1) is 23.4. The average molecular weight is 498 g/mol. The van der Waals surface area contributed by atoms with Crippen LogP contribution in [0.5, 0.6) is 0 Å². The number of nitrogens with zero attached hydrogens (tertiary/aromatic N) is 6. The zero-order valence-corrected chi connectivity index (χ0v) is 20.2. The highest BCUT2D eigenvalue weighted by atomic mass is 32.2. The molecule has 0 spiro atoms. The van der Waals surface area contributed by atoms with Crippen LogP contribution in [0.2, 0.25) is 0 Å². The SMILES string of the molecule is Cc1cc(NC(=O)c2cc(S(=O)(=O)N3CCOCC3)ccc2N2CCCC2)ccc1-n1cnnn1. The number of nitrogens with one attached hydrogen (secondary N) is 1. The smallest absolute Gasteiger partial charge is 0.257 e. The molecule has 0 unspecified atom stereocenters. The van der Waals surface area contributed by atoms with Crippen molar-refractivity contribution >= 4 is 27.3 Å². The van der Waals surface area contributed by atoms with Crippen LogP contribution in [0.4, 0.5) is 11.4 Å². The maximum absolute atomic E-state index is 13.5. The third-order valence-electron chi connectivity index (χ3n) is 6.32. The fourth-order valence-corrected chi connectivity index (χ4v) is 5.92. The molecule has 1 amide bonds. The summed E-state index contributed by atoms with van der Waals surface area (Å²) >= 11 is 0. The van der Waals surface area contributed by atoms with Crippen LogP contribution in [0.1, 0.15) is 28.8 Å². The Bertz CT molecular complexity index is 1320. The Morgan fingerprint density at radius 2 is 1.74 bits per heavy atom. The molecule has 0 radical (unpaired) electrons. The van der Waals surface area contributed by atoms with Gasteiger partial charge in [-0.2, -0.15) is 4.31 Å². The van der Waals surface area contributed by atoms with Crippen LogP contribution in [0.25, 0.3) is 5.69 Å². The molecule has 1 aromatic heterocycles. The van der Waals surface area contributed by atoms with E-state index in [1.807, 2.05) is 19.1 Å². The molecule has 0 aliphatic carbocycles. The monoisotopic (exact) mass is 497 g/mol. The number of aryl methyl sites for hydroxylation is 1. The summed E-state index contributed by atoms with van der Waals surface area (Å²) in [5, 5.41) is 14.2. The standard InChI is InChI=1S/C23H27N7O4S/c1-17-14-18(4-6-21(17)30-16-24-26-27-30)25-23(31)20-15-19(5-7-22(20)28-8-2-3-9-28)35(32,33)29-10-12-34-13-11-29/h4-7,14-16H,2-3,8-13H2,1H3,(H,25,31). The molecule has 0 saturated carbocycles. The zero-order valence-electron chi connectivity index (χ0n) is 19.4. The molecule has 35 heavy (non-hydrogen) atoms. The van der Waals surface area contributed by atoms with Crippen molar-refractivity contribution in [2.24, 2.45) is 0 Å². The Labute approximate surface area is 203 Å². The van der Waals surface area contributed by atoms with Gasteiger partial charge in [0.25, 0.3) is 5.91 Å². The van der Waals surface area contributed by atoms with Crippen molar-refractivity contribution in [2.45, 2.75) is 24.7 Å². The Morgan fingerprint density at radius 3 is 2.43 bits per heavy atom. The maximum atomic E-state index is 13.5. The van der Waals surface area contributed by atoms with E-state index in [0.29, 0.717) is 37.6 Å². The highest BCUT2D eigenvalue weighted by molar-refractivity contribution is 7.89. The van der Waals surface area contributed by atoms with E-state index in [1.54, 1.807) is 22.9 Å². The third-order valence-corrected chi connectivity index (χ3v) is 8.21. The lowest BCUT2D eigenvalue weighted by atomic mass is 10.1. The molecule has 2 aliphatic heterocycles. The molecule has 0 bridgehead atoms. The summed E-state index contributed by atoms with van der Waals surface area (Å²) in [5.41, 5.74) is 3.34. The number of carbonyl (C=O) groups excluding carboxylic acids is 1. The lowest BCUT2D eigenvalue weighted by Gasteiger charge is -2.27. The van der Waals surface area contributed by atoms with E-state index in [0.717, 1.165) is 42.9 Å². The molecule has 2 aromatic carbocycles. The molecule has 1 N–H and O–H groups in total. The molecule has 0 atom stereocenters. The molecule has 11 nitrogen and oxygen atoms in total. The van der Waals surface area contributed by atoms with Crippen molar-refractivity contribution in [1.29, 1.82) is 0 Å². The zero-order chi connectivity index (χ0) is 24.4. The minimum atomic E-state index is -3.74. The minimum absolute atomic E-state index is 0.109. The van der Waals surface area contributed by atoms with Crippen LogP contribution in [0.15, 0.2) is 47.6 Å². The molecule has 184 valence electrons. The van der Waals surface area contributed by atoms with Gasteiger partial charge in [-0.3, -0.25) is 4.79 Å². The molecule has 5 rings (SSSR count). The molecular formula is C23H27N7O4S. The number of carbonyl (C=O) groups is 1. The first-order valence-corrected chi connectivity index (χ1v) is 13.0. The van der Waals surface area contributed by atoms with Crippen LogP contribution in [-0.4, -0.2) is 78.2 Å². The van der Waals surface area contributed by atoms with Gasteiger partial charge in [-0.05, 0) is 72.2 Å². The maximum Gasteiger partial charge on any atom is 0.257 e. The van der Waals surface area contributed by atoms with Crippen molar-refractivity contribution in [2.75, 3.05) is 49.6 Å². The first-order valence-electron chi connectivity index (χ1n) is 11.6. The van der Waals surface area contributed by atoms with Gasteiger partial charge < -0.3 is 15.0 Å². The summed E-state index contributed by atoms with van der Waals surface area (Å²) in [7, 11) is -3.74. The van der Waals surface area contributed by atoms with Gasteiger partial charge >= 0.3 is 0 Å². The number of anilines is 2. The van der Waals surface area contributed by atoms with Crippen molar-refractivity contribution < 1.29 is 17.9 Å². The normalized spacial score (nSPS) is 17.0. The summed E-state index contributed by atoms with van der Waals surface area (Å²) in [4.78, 5) is 15.7. The highest BCUT2D eigenvalue weighted by Gasteiger charge is 2.29. The van der Waals surface area contributed by atoms with Gasteiger partial charge in [-0.15, -0.1) is 5.10 Å². The van der Waals surface area contributed by atoms with E-state index >= 15 is 0 Å². The number of benzene rings is 2. The van der Waals surface area contributed by atoms with Crippen LogP contribution < -0.4 is 10.2 Å². The Kier molecular flexibility index (Phi) is 6.50. The van der Waals surface area contributed by atoms with E-state index in [4.69, 9.17) is 4.74 Å². The van der Waals surface area contributed by atoms with Crippen LogP contribution >= 0.6 is 0 Å². The fourth-order valence-electron chi connectivity index (χ4n) is 4.49. The number of aromatic nitrogens is 4. The molecule has 12 heteroatoms. The van der Waals surface area contributed by atoms with Crippen LogP contribution in [0.3, 0.4) is 0 Å². The van der Waals surface area contributed by atoms with Crippen molar-refractivity contribution in [3.8, 4) is 5.69 Å². The van der Waals surface area contributed by atoms with Crippen LogP contribution in [0, 0.1) is 6.92 Å². The topological polar surface area (TPSA) is 123 Å². The van der Waals surface area contributed by atoms with Gasteiger partial charge in [0.05, 0.1) is 29.4 Å². The Morgan fingerprint density at radius 1 is 1.00 bits per heavy atom. The van der Waals surface area contributed by atoms with Gasteiger partial charge in [-0.1, -0.05) is 0 Å². The molecule has 3 aromatic rings. The van der Waals surface area contributed by atoms with Gasteiger partial charge in [0.2, 0.25) is 10.0 Å². The lowest BCUT2D eigenvalue weighted by Crippen LogP contribution is -2.40. The van der Waals surface area contributed by atoms with E-state index in [1.165, 1.54) is 16.7 Å². The van der Waals surface area contributed by atoms with Crippen molar-refractivity contribution in [3.63, 3.8) is 0 Å². The quantitative estimate of drug-likeness (QED) is 0.547. The molecule has 2 saturated heterocycles. The number of morpholine rings is 1. The number of ether oxygens (including phenoxy) is 1. The Hall–Kier alpha value is -3.35. The minimum Gasteiger partial charge on any atom is -0.379 e. The third kappa shape index (κ3) is 4.77. The average Bonchev–Trinajstić information content (AvgIpc) is 3.59. The predicted molar refractivity (Wildman–Crippen MR) is 129 cm³/mol. The summed E-state index contributed by atoms with van der Waals surface area (Å²) in [6.07, 6.45) is 3.57. The molecule has 2 aliphatic rings. The van der Waals surface area contributed by atoms with Crippen LogP contribution in [-0.2, 0) is 14.8 Å². The van der Waals surface area contributed by atoms with Crippen molar-refractivity contribution in [1.82, 2.24) is 24.5 Å². The fraction of sp³-hybridized carbons (Fsp3) is 0.391. The summed E-state index contributed by atoms with van der Waals surface area (Å²) in [5.74, 6) is -0.361. The predicted octanol–water partition coefficient (Wildman–Crippen LogP) is 1.84. The van der Waals surface area contributed by atoms with Gasteiger partial charge in [0, 0.05) is 37.6 Å². The van der Waals surface area contributed by atoms with E-state index in [9.17, 15) is 13.2 Å². The van der Waals surface area contributed by atoms with E-state index in [-0.39, 0.29) is 10.8 Å². The number of sulfonamides is 1. The van der Waals surface area contributed by atoms with E-state index < -0.39 is 10.0 Å². The van der Waals surface area contributed by atoms with E-state index in [2.05, 4.69) is 25.7 Å². The number of rotatable bonds is 6. The summed E-state index contributed by atoms with van der Waals surface area (Å²) in [6, 6.07) is 10.3. The second kappa shape index (κ2) is 9.72. The number of tetrazole rings is 1. The molecular weight excluding hydrogens is 470 g/mol. The number of amides is 1. The Balaban J connectivity index is 1.46. The summed E-state index contributed by atoms with van der Waals surface area (Å²) < 4.78 is 34.8. The first-order chi connectivity index (χ1) is 16.9. The lowest BCUT2D eigenvalue weighted by molar-refractivity contribution is 0.0730. The van der Waals surface area contributed by atoms with Gasteiger partial charge in [-0.25, -0.2) is 13.1 Å². The van der Waals surface area contributed by atoms with Gasteiger partial charge in [0.1, 0.15) is 6.33 Å². The second-order valence-corrected chi connectivity index (χ2v) is 10.5. The largest absolute Gasteiger partial charge is 0.379 e. The van der Waals surface area contributed by atoms with Crippen molar-refractivity contribution in [3.05, 3.63) is 53.9 Å². The summed E-state index contributed by atoms with van der Waals surface area (Å²) in [6.45, 7) is 4.87. The number of hydrogen-bond acceptors (Lipinski definition) is 8. The van der Waals surface area contributed by atoms with Gasteiger partial charge in [0.15, 0.2) is 0 Å². The second-order valence-electron chi connectivity index (χ2n) is 8.60. The molecule has 3 heterocycles. The molecule has 2 fully saturated rings.